The first-order valence-electron chi connectivity index (χ1n) is 8.85. The lowest BCUT2D eigenvalue weighted by Crippen LogP contribution is -2.46. The first-order valence-corrected chi connectivity index (χ1v) is 8.85. The summed E-state index contributed by atoms with van der Waals surface area (Å²) < 4.78 is 5.32. The molecule has 2 aliphatic heterocycles. The predicted octanol–water partition coefficient (Wildman–Crippen LogP) is 2.37. The van der Waals surface area contributed by atoms with E-state index in [1.807, 2.05) is 20.8 Å². The van der Waals surface area contributed by atoms with Gasteiger partial charge in [0, 0.05) is 19.1 Å². The molecule has 0 aliphatic carbocycles. The average Bonchev–Trinajstić information content (AvgIpc) is 2.45. The first kappa shape index (κ1) is 17.5. The van der Waals surface area contributed by atoms with Crippen molar-refractivity contribution in [1.29, 1.82) is 0 Å². The van der Waals surface area contributed by atoms with E-state index in [1.54, 1.807) is 0 Å². The van der Waals surface area contributed by atoms with Crippen molar-refractivity contribution < 1.29 is 9.53 Å². The number of hydrogen-bond acceptors (Lipinski definition) is 4. The number of ether oxygens (including phenoxy) is 1. The summed E-state index contributed by atoms with van der Waals surface area (Å²) >= 11 is 0. The highest BCUT2D eigenvalue weighted by atomic mass is 16.6. The smallest absolute Gasteiger partial charge is 0.407 e. The Kier molecular flexibility index (Phi) is 6.50. The van der Waals surface area contributed by atoms with E-state index in [0.29, 0.717) is 0 Å². The third-order valence-electron chi connectivity index (χ3n) is 4.62. The SMILES string of the molecule is CC(C)(C)OC(=O)NC1CCN(CCC2CCNCC2)CC1. The molecule has 5 heteroatoms. The van der Waals surface area contributed by atoms with Crippen LogP contribution in [0.2, 0.25) is 0 Å². The number of rotatable bonds is 4. The lowest BCUT2D eigenvalue weighted by atomic mass is 9.94. The fraction of sp³-hybridized carbons (Fsp3) is 0.941. The molecule has 1 amide bonds. The second-order valence-electron chi connectivity index (χ2n) is 7.74. The van der Waals surface area contributed by atoms with Crippen molar-refractivity contribution in [2.24, 2.45) is 5.92 Å². The van der Waals surface area contributed by atoms with Crippen molar-refractivity contribution in [3.8, 4) is 0 Å². The minimum Gasteiger partial charge on any atom is -0.444 e. The molecule has 128 valence electrons. The quantitative estimate of drug-likeness (QED) is 0.837. The van der Waals surface area contributed by atoms with Gasteiger partial charge >= 0.3 is 6.09 Å². The van der Waals surface area contributed by atoms with Crippen molar-refractivity contribution >= 4 is 6.09 Å². The van der Waals surface area contributed by atoms with Gasteiger partial charge < -0.3 is 20.3 Å². The van der Waals surface area contributed by atoms with E-state index < -0.39 is 5.60 Å². The third kappa shape index (κ3) is 6.53. The maximum Gasteiger partial charge on any atom is 0.407 e. The third-order valence-corrected chi connectivity index (χ3v) is 4.62. The standard InChI is InChI=1S/C17H33N3O2/c1-17(2,3)22-16(21)19-15-7-12-20(13-8-15)11-6-14-4-9-18-10-5-14/h14-15,18H,4-13H2,1-3H3,(H,19,21). The van der Waals surface area contributed by atoms with Gasteiger partial charge in [0.2, 0.25) is 0 Å². The largest absolute Gasteiger partial charge is 0.444 e. The van der Waals surface area contributed by atoms with Crippen molar-refractivity contribution in [3.05, 3.63) is 0 Å². The van der Waals surface area contributed by atoms with Gasteiger partial charge in [0.1, 0.15) is 5.60 Å². The molecule has 0 aromatic heterocycles. The topological polar surface area (TPSA) is 53.6 Å². The van der Waals surface area contributed by atoms with Crippen LogP contribution < -0.4 is 10.6 Å². The molecule has 2 fully saturated rings. The number of nitrogens with one attached hydrogen (secondary N) is 2. The number of hydrogen-bond donors (Lipinski definition) is 2. The zero-order chi connectivity index (χ0) is 16.0. The normalized spacial score (nSPS) is 22.5. The summed E-state index contributed by atoms with van der Waals surface area (Å²) in [5.74, 6) is 0.902. The molecule has 2 saturated heterocycles. The van der Waals surface area contributed by atoms with Gasteiger partial charge in [-0.3, -0.25) is 0 Å². The summed E-state index contributed by atoms with van der Waals surface area (Å²) in [5.41, 5.74) is -0.417. The molecule has 2 rings (SSSR count). The van der Waals surface area contributed by atoms with Crippen LogP contribution in [0.1, 0.15) is 52.9 Å². The van der Waals surface area contributed by atoms with Crippen molar-refractivity contribution in [3.63, 3.8) is 0 Å². The zero-order valence-corrected chi connectivity index (χ0v) is 14.5. The Morgan fingerprint density at radius 2 is 1.82 bits per heavy atom. The van der Waals surface area contributed by atoms with Crippen LogP contribution in [-0.4, -0.2) is 55.4 Å². The highest BCUT2D eigenvalue weighted by molar-refractivity contribution is 5.68. The molecule has 2 N–H and O–H groups in total. The van der Waals surface area contributed by atoms with E-state index >= 15 is 0 Å². The van der Waals surface area contributed by atoms with Crippen LogP contribution in [0.3, 0.4) is 0 Å². The molecule has 0 spiro atoms. The molecule has 0 radical (unpaired) electrons. The average molecular weight is 311 g/mol. The van der Waals surface area contributed by atoms with Crippen LogP contribution in [0.5, 0.6) is 0 Å². The van der Waals surface area contributed by atoms with Gasteiger partial charge in [0.15, 0.2) is 0 Å². The van der Waals surface area contributed by atoms with Crippen molar-refractivity contribution in [1.82, 2.24) is 15.5 Å². The first-order chi connectivity index (χ1) is 10.4. The van der Waals surface area contributed by atoms with E-state index in [1.165, 1.54) is 38.9 Å². The molecule has 0 aromatic rings. The van der Waals surface area contributed by atoms with Crippen LogP contribution >= 0.6 is 0 Å². The summed E-state index contributed by atoms with van der Waals surface area (Å²) in [6.45, 7) is 11.5. The zero-order valence-electron chi connectivity index (χ0n) is 14.5. The van der Waals surface area contributed by atoms with E-state index in [-0.39, 0.29) is 12.1 Å². The number of carbonyl (C=O) groups is 1. The van der Waals surface area contributed by atoms with Crippen LogP contribution in [0.15, 0.2) is 0 Å². The Balaban J connectivity index is 1.60. The Labute approximate surface area is 135 Å². The molecule has 5 nitrogen and oxygen atoms in total. The Bertz CT molecular complexity index is 340. The van der Waals surface area contributed by atoms with Crippen molar-refractivity contribution in [2.75, 3.05) is 32.7 Å². The molecule has 0 aromatic carbocycles. The predicted molar refractivity (Wildman–Crippen MR) is 89.0 cm³/mol. The van der Waals surface area contributed by atoms with E-state index in [9.17, 15) is 4.79 Å². The molecule has 0 bridgehead atoms. The molecule has 0 atom stereocenters. The van der Waals surface area contributed by atoms with Gasteiger partial charge in [0.05, 0.1) is 0 Å². The number of piperidine rings is 2. The molecular weight excluding hydrogens is 278 g/mol. The summed E-state index contributed by atoms with van der Waals surface area (Å²) in [6, 6.07) is 0.269. The highest BCUT2D eigenvalue weighted by Crippen LogP contribution is 2.18. The maximum absolute atomic E-state index is 11.8. The van der Waals surface area contributed by atoms with E-state index in [0.717, 1.165) is 31.8 Å². The van der Waals surface area contributed by atoms with Gasteiger partial charge in [0.25, 0.3) is 0 Å². The van der Waals surface area contributed by atoms with Gasteiger partial charge in [-0.05, 0) is 78.4 Å². The van der Waals surface area contributed by atoms with Gasteiger partial charge in [-0.15, -0.1) is 0 Å². The molecule has 2 heterocycles. The highest BCUT2D eigenvalue weighted by Gasteiger charge is 2.24. The Hall–Kier alpha value is -0.810. The lowest BCUT2D eigenvalue weighted by Gasteiger charge is -2.34. The number of alkyl carbamates (subject to hydrolysis) is 1. The van der Waals surface area contributed by atoms with E-state index in [4.69, 9.17) is 4.74 Å². The number of likely N-dealkylation sites (tertiary alicyclic amines) is 1. The lowest BCUT2D eigenvalue weighted by molar-refractivity contribution is 0.0478. The number of nitrogens with zero attached hydrogens (tertiary/aromatic N) is 1. The summed E-state index contributed by atoms with van der Waals surface area (Å²) in [4.78, 5) is 14.3. The fourth-order valence-corrected chi connectivity index (χ4v) is 3.31. The summed E-state index contributed by atoms with van der Waals surface area (Å²) in [5, 5.41) is 6.43. The molecule has 0 unspecified atom stereocenters. The molecule has 0 saturated carbocycles. The van der Waals surface area contributed by atoms with Crippen LogP contribution in [0, 0.1) is 5.92 Å². The van der Waals surface area contributed by atoms with Gasteiger partial charge in [-0.1, -0.05) is 0 Å². The minimum atomic E-state index is -0.417. The van der Waals surface area contributed by atoms with Crippen LogP contribution in [-0.2, 0) is 4.74 Å². The minimum absolute atomic E-state index is 0.269. The number of amides is 1. The van der Waals surface area contributed by atoms with Gasteiger partial charge in [-0.2, -0.15) is 0 Å². The van der Waals surface area contributed by atoms with Gasteiger partial charge in [-0.25, -0.2) is 4.79 Å². The Morgan fingerprint density at radius 1 is 1.18 bits per heavy atom. The maximum atomic E-state index is 11.8. The molecular formula is C17H33N3O2. The van der Waals surface area contributed by atoms with Crippen molar-refractivity contribution in [2.45, 2.75) is 64.5 Å². The summed E-state index contributed by atoms with van der Waals surface area (Å²) in [7, 11) is 0. The second kappa shape index (κ2) is 8.16. The van der Waals surface area contributed by atoms with Crippen LogP contribution in [0.25, 0.3) is 0 Å². The summed E-state index contributed by atoms with van der Waals surface area (Å²) in [6.07, 6.45) is 5.77. The fourth-order valence-electron chi connectivity index (χ4n) is 3.31. The number of carbonyl (C=O) groups excluding carboxylic acids is 1. The molecule has 22 heavy (non-hydrogen) atoms. The Morgan fingerprint density at radius 3 is 2.41 bits per heavy atom. The van der Waals surface area contributed by atoms with Crippen LogP contribution in [0.4, 0.5) is 4.79 Å². The monoisotopic (exact) mass is 311 g/mol. The van der Waals surface area contributed by atoms with E-state index in [2.05, 4.69) is 15.5 Å². The second-order valence-corrected chi connectivity index (χ2v) is 7.74. The molecule has 2 aliphatic rings.